The summed E-state index contributed by atoms with van der Waals surface area (Å²) in [5.74, 6) is -1.25. The number of ether oxygens (including phenoxy) is 1. The van der Waals surface area contributed by atoms with E-state index in [-0.39, 0.29) is 25.4 Å². The van der Waals surface area contributed by atoms with Gasteiger partial charge in [0.25, 0.3) is 0 Å². The minimum absolute atomic E-state index is 0.0170. The smallest absolute Gasteiger partial charge is 0.419 e. The highest BCUT2D eigenvalue weighted by atomic mass is 19.4. The molecule has 1 aromatic carbocycles. The number of likely N-dealkylation sites (N-methyl/N-ethyl adjacent to an activating group) is 1. The van der Waals surface area contributed by atoms with Gasteiger partial charge in [-0.25, -0.2) is 0 Å². The van der Waals surface area contributed by atoms with E-state index >= 15 is 0 Å². The van der Waals surface area contributed by atoms with Crippen LogP contribution in [0.5, 0.6) is 5.75 Å². The van der Waals surface area contributed by atoms with Crippen LogP contribution in [0.1, 0.15) is 5.56 Å². The van der Waals surface area contributed by atoms with Crippen LogP contribution in [0.4, 0.5) is 13.2 Å². The van der Waals surface area contributed by atoms with Crippen molar-refractivity contribution in [1.82, 2.24) is 4.90 Å². The lowest BCUT2D eigenvalue weighted by Gasteiger charge is -2.16. The van der Waals surface area contributed by atoms with Crippen molar-refractivity contribution in [1.29, 1.82) is 0 Å². The number of nitrogens with zero attached hydrogens (tertiary/aromatic N) is 1. The first-order valence-corrected chi connectivity index (χ1v) is 5.50. The largest absolute Gasteiger partial charge is 0.492 e. The first-order chi connectivity index (χ1) is 8.80. The summed E-state index contributed by atoms with van der Waals surface area (Å²) in [4.78, 5) is 11.8. The third-order valence-electron chi connectivity index (χ3n) is 2.33. The molecule has 0 heterocycles. The van der Waals surface area contributed by atoms with E-state index in [9.17, 15) is 18.0 Å². The van der Waals surface area contributed by atoms with Crippen molar-refractivity contribution in [2.24, 2.45) is 0 Å². The predicted molar refractivity (Wildman–Crippen MR) is 62.1 cm³/mol. The number of alkyl halides is 3. The Morgan fingerprint density at radius 2 is 2.00 bits per heavy atom. The number of hydrogen-bond acceptors (Lipinski definition) is 3. The first kappa shape index (κ1) is 15.3. The summed E-state index contributed by atoms with van der Waals surface area (Å²) < 4.78 is 43.0. The van der Waals surface area contributed by atoms with Crippen LogP contribution < -0.4 is 4.74 Å². The molecule has 1 N–H and O–H groups in total. The monoisotopic (exact) mass is 277 g/mol. The molecule has 4 nitrogen and oxygen atoms in total. The summed E-state index contributed by atoms with van der Waals surface area (Å²) >= 11 is 0. The van der Waals surface area contributed by atoms with Crippen LogP contribution in [-0.2, 0) is 11.0 Å². The van der Waals surface area contributed by atoms with E-state index in [0.29, 0.717) is 0 Å². The van der Waals surface area contributed by atoms with Gasteiger partial charge in [0.15, 0.2) is 0 Å². The molecule has 0 aromatic heterocycles. The van der Waals surface area contributed by atoms with Gasteiger partial charge in [0.1, 0.15) is 12.4 Å². The van der Waals surface area contributed by atoms with Gasteiger partial charge in [-0.2, -0.15) is 13.2 Å². The topological polar surface area (TPSA) is 49.8 Å². The fraction of sp³-hybridized carbons (Fsp3) is 0.417. The zero-order valence-corrected chi connectivity index (χ0v) is 10.3. The molecule has 1 rings (SSSR count). The van der Waals surface area contributed by atoms with Crippen molar-refractivity contribution in [2.75, 3.05) is 26.7 Å². The number of carboxylic acids is 1. The van der Waals surface area contributed by atoms with Gasteiger partial charge in [0, 0.05) is 6.54 Å². The maximum absolute atomic E-state index is 12.6. The molecule has 0 fully saturated rings. The Labute approximate surface area is 108 Å². The molecule has 0 radical (unpaired) electrons. The average Bonchev–Trinajstić information content (AvgIpc) is 2.27. The van der Waals surface area contributed by atoms with Gasteiger partial charge in [-0.3, -0.25) is 9.69 Å². The number of para-hydroxylation sites is 1. The highest BCUT2D eigenvalue weighted by Gasteiger charge is 2.33. The van der Waals surface area contributed by atoms with Crippen molar-refractivity contribution in [3.63, 3.8) is 0 Å². The number of rotatable bonds is 6. The van der Waals surface area contributed by atoms with E-state index in [1.807, 2.05) is 0 Å². The van der Waals surface area contributed by atoms with Gasteiger partial charge in [-0.15, -0.1) is 0 Å². The van der Waals surface area contributed by atoms with E-state index in [4.69, 9.17) is 9.84 Å². The second kappa shape index (κ2) is 6.42. The average molecular weight is 277 g/mol. The summed E-state index contributed by atoms with van der Waals surface area (Å²) in [6.07, 6.45) is -4.47. The number of aliphatic carboxylic acids is 1. The Hall–Kier alpha value is -1.76. The van der Waals surface area contributed by atoms with Gasteiger partial charge in [-0.05, 0) is 19.2 Å². The third kappa shape index (κ3) is 5.17. The van der Waals surface area contributed by atoms with Crippen molar-refractivity contribution in [3.8, 4) is 5.75 Å². The molecule has 19 heavy (non-hydrogen) atoms. The Kier molecular flexibility index (Phi) is 5.17. The minimum atomic E-state index is -4.47. The molecule has 0 saturated carbocycles. The summed E-state index contributed by atoms with van der Waals surface area (Å²) in [6.45, 7) is 0.0135. The minimum Gasteiger partial charge on any atom is -0.492 e. The molecule has 0 amide bonds. The molecule has 0 aliphatic rings. The Morgan fingerprint density at radius 1 is 1.37 bits per heavy atom. The summed E-state index contributed by atoms with van der Waals surface area (Å²) in [6, 6.07) is 4.91. The Balaban J connectivity index is 2.57. The second-order valence-electron chi connectivity index (χ2n) is 3.97. The molecular weight excluding hydrogens is 263 g/mol. The van der Waals surface area contributed by atoms with E-state index in [1.165, 1.54) is 23.1 Å². The lowest BCUT2D eigenvalue weighted by atomic mass is 10.2. The van der Waals surface area contributed by atoms with Crippen molar-refractivity contribution < 1.29 is 27.8 Å². The molecule has 0 saturated heterocycles. The molecular formula is C12H14F3NO3. The second-order valence-corrected chi connectivity index (χ2v) is 3.97. The Bertz CT molecular complexity index is 434. The highest BCUT2D eigenvalue weighted by Crippen LogP contribution is 2.35. The van der Waals surface area contributed by atoms with Crippen molar-refractivity contribution >= 4 is 5.97 Å². The van der Waals surface area contributed by atoms with Gasteiger partial charge in [-0.1, -0.05) is 12.1 Å². The molecule has 0 unspecified atom stereocenters. The molecule has 0 aliphatic carbocycles. The zero-order valence-electron chi connectivity index (χ0n) is 10.3. The lowest BCUT2D eigenvalue weighted by molar-refractivity contribution is -0.139. The SMILES string of the molecule is CN(CCOc1ccccc1C(F)(F)F)CC(=O)O. The number of carboxylic acid groups (broad SMARTS) is 1. The zero-order chi connectivity index (χ0) is 14.5. The molecule has 0 atom stereocenters. The van der Waals surface area contributed by atoms with E-state index in [0.717, 1.165) is 6.07 Å². The van der Waals surface area contributed by atoms with Crippen LogP contribution in [0.15, 0.2) is 24.3 Å². The van der Waals surface area contributed by atoms with Gasteiger partial charge in [0.05, 0.1) is 12.1 Å². The molecule has 106 valence electrons. The lowest BCUT2D eigenvalue weighted by Crippen LogP contribution is -2.29. The summed E-state index contributed by atoms with van der Waals surface area (Å²) in [5, 5.41) is 8.52. The maximum atomic E-state index is 12.6. The maximum Gasteiger partial charge on any atom is 0.419 e. The Morgan fingerprint density at radius 3 is 2.58 bits per heavy atom. The molecule has 7 heteroatoms. The number of carbonyl (C=O) groups is 1. The fourth-order valence-corrected chi connectivity index (χ4v) is 1.45. The van der Waals surface area contributed by atoms with Crippen LogP contribution in [0.25, 0.3) is 0 Å². The van der Waals surface area contributed by atoms with E-state index in [2.05, 4.69) is 0 Å². The first-order valence-electron chi connectivity index (χ1n) is 5.50. The number of benzene rings is 1. The quantitative estimate of drug-likeness (QED) is 0.865. The molecule has 0 spiro atoms. The molecule has 1 aromatic rings. The van der Waals surface area contributed by atoms with Crippen LogP contribution in [-0.4, -0.2) is 42.7 Å². The number of hydrogen-bond donors (Lipinski definition) is 1. The van der Waals surface area contributed by atoms with Gasteiger partial charge >= 0.3 is 12.1 Å². The van der Waals surface area contributed by atoms with Gasteiger partial charge < -0.3 is 9.84 Å². The fourth-order valence-electron chi connectivity index (χ4n) is 1.45. The van der Waals surface area contributed by atoms with Crippen LogP contribution in [0, 0.1) is 0 Å². The molecule has 0 aliphatic heterocycles. The van der Waals surface area contributed by atoms with Crippen LogP contribution in [0.2, 0.25) is 0 Å². The summed E-state index contributed by atoms with van der Waals surface area (Å²) in [5.41, 5.74) is -0.837. The third-order valence-corrected chi connectivity index (χ3v) is 2.33. The van der Waals surface area contributed by atoms with E-state index < -0.39 is 17.7 Å². The van der Waals surface area contributed by atoms with Crippen molar-refractivity contribution in [3.05, 3.63) is 29.8 Å². The van der Waals surface area contributed by atoms with Crippen molar-refractivity contribution in [2.45, 2.75) is 6.18 Å². The van der Waals surface area contributed by atoms with E-state index in [1.54, 1.807) is 7.05 Å². The summed E-state index contributed by atoms with van der Waals surface area (Å²) in [7, 11) is 1.55. The molecule has 0 bridgehead atoms. The highest BCUT2D eigenvalue weighted by molar-refractivity contribution is 5.68. The standard InChI is InChI=1S/C12H14F3NO3/c1-16(8-11(17)18)6-7-19-10-5-3-2-4-9(10)12(13,14)15/h2-5H,6-8H2,1H3,(H,17,18). The normalized spacial score (nSPS) is 11.6. The predicted octanol–water partition coefficient (Wildman–Crippen LogP) is 2.10. The van der Waals surface area contributed by atoms with Crippen LogP contribution in [0.3, 0.4) is 0 Å². The van der Waals surface area contributed by atoms with Gasteiger partial charge in [0.2, 0.25) is 0 Å². The number of halogens is 3. The van der Waals surface area contributed by atoms with Crippen LogP contribution >= 0.6 is 0 Å².